The summed E-state index contributed by atoms with van der Waals surface area (Å²) < 4.78 is 5.99. The van der Waals surface area contributed by atoms with E-state index in [9.17, 15) is 14.4 Å². The average Bonchev–Trinajstić information content (AvgIpc) is 2.79. The molecule has 0 unspecified atom stereocenters. The molecule has 3 aromatic carbocycles. The quantitative estimate of drug-likeness (QED) is 0.479. The summed E-state index contributed by atoms with van der Waals surface area (Å²) in [5.74, 6) is -2.13. The van der Waals surface area contributed by atoms with Gasteiger partial charge in [-0.1, -0.05) is 72.8 Å². The molecular formula is C24H21BrN2O4. The van der Waals surface area contributed by atoms with Gasteiger partial charge in [0.1, 0.15) is 5.92 Å². The zero-order valence-corrected chi connectivity index (χ0v) is 18.2. The van der Waals surface area contributed by atoms with Crippen molar-refractivity contribution in [3.63, 3.8) is 0 Å². The maximum atomic E-state index is 12.8. The molecule has 0 aliphatic rings. The Kier molecular flexibility index (Phi) is 7.95. The van der Waals surface area contributed by atoms with Gasteiger partial charge in [-0.25, -0.2) is 0 Å². The summed E-state index contributed by atoms with van der Waals surface area (Å²) in [6.45, 7) is -0.712. The SMILES string of the molecule is O=C(COC(=O)C(c1ccccc1)c1ccccc1)NCC(=O)Nc1ccccc1Br. The molecule has 0 atom stereocenters. The number of ether oxygens (including phenoxy) is 1. The third-order valence-electron chi connectivity index (χ3n) is 4.44. The number of anilines is 1. The Morgan fingerprint density at radius 3 is 1.90 bits per heavy atom. The third-order valence-corrected chi connectivity index (χ3v) is 5.13. The number of hydrogen-bond donors (Lipinski definition) is 2. The molecule has 6 nitrogen and oxygen atoms in total. The van der Waals surface area contributed by atoms with Crippen molar-refractivity contribution < 1.29 is 19.1 Å². The largest absolute Gasteiger partial charge is 0.455 e. The molecule has 0 spiro atoms. The lowest BCUT2D eigenvalue weighted by Crippen LogP contribution is -2.36. The van der Waals surface area contributed by atoms with E-state index in [4.69, 9.17) is 4.74 Å². The first-order valence-electron chi connectivity index (χ1n) is 9.62. The second-order valence-corrected chi connectivity index (χ2v) is 7.52. The number of halogens is 1. The predicted octanol–water partition coefficient (Wildman–Crippen LogP) is 3.88. The van der Waals surface area contributed by atoms with E-state index in [-0.39, 0.29) is 6.54 Å². The van der Waals surface area contributed by atoms with Crippen LogP contribution in [0, 0.1) is 0 Å². The highest BCUT2D eigenvalue weighted by Gasteiger charge is 2.24. The van der Waals surface area contributed by atoms with Crippen molar-refractivity contribution in [1.29, 1.82) is 0 Å². The first kappa shape index (κ1) is 22.2. The van der Waals surface area contributed by atoms with Gasteiger partial charge in [0.25, 0.3) is 5.91 Å². The fourth-order valence-corrected chi connectivity index (χ4v) is 3.35. The van der Waals surface area contributed by atoms with Crippen molar-refractivity contribution in [2.45, 2.75) is 5.92 Å². The van der Waals surface area contributed by atoms with Gasteiger partial charge < -0.3 is 15.4 Å². The number of rotatable bonds is 8. The molecule has 0 heterocycles. The highest BCUT2D eigenvalue weighted by molar-refractivity contribution is 9.10. The van der Waals surface area contributed by atoms with Crippen LogP contribution < -0.4 is 10.6 Å². The van der Waals surface area contributed by atoms with E-state index in [0.717, 1.165) is 15.6 Å². The Balaban J connectivity index is 1.54. The Morgan fingerprint density at radius 2 is 1.32 bits per heavy atom. The maximum absolute atomic E-state index is 12.8. The van der Waals surface area contributed by atoms with Crippen LogP contribution >= 0.6 is 15.9 Å². The van der Waals surface area contributed by atoms with E-state index in [1.807, 2.05) is 66.7 Å². The monoisotopic (exact) mass is 480 g/mol. The van der Waals surface area contributed by atoms with E-state index in [1.165, 1.54) is 0 Å². The van der Waals surface area contributed by atoms with E-state index >= 15 is 0 Å². The van der Waals surface area contributed by atoms with Crippen molar-refractivity contribution in [3.8, 4) is 0 Å². The molecule has 0 saturated heterocycles. The Bertz CT molecular complexity index is 1000. The van der Waals surface area contributed by atoms with Crippen LogP contribution in [0.3, 0.4) is 0 Å². The minimum absolute atomic E-state index is 0.238. The van der Waals surface area contributed by atoms with Crippen LogP contribution in [-0.4, -0.2) is 30.9 Å². The third kappa shape index (κ3) is 6.52. The number of benzene rings is 3. The lowest BCUT2D eigenvalue weighted by Gasteiger charge is -2.17. The van der Waals surface area contributed by atoms with E-state index in [1.54, 1.807) is 18.2 Å². The second kappa shape index (κ2) is 11.1. The first-order chi connectivity index (χ1) is 15.0. The predicted molar refractivity (Wildman–Crippen MR) is 121 cm³/mol. The topological polar surface area (TPSA) is 84.5 Å². The molecule has 0 fully saturated rings. The van der Waals surface area contributed by atoms with Gasteiger partial charge in [-0.15, -0.1) is 0 Å². The zero-order chi connectivity index (χ0) is 22.1. The molecule has 31 heavy (non-hydrogen) atoms. The van der Waals surface area contributed by atoms with Crippen LogP contribution in [-0.2, 0) is 19.1 Å². The van der Waals surface area contributed by atoms with E-state index in [0.29, 0.717) is 5.69 Å². The average molecular weight is 481 g/mol. The van der Waals surface area contributed by atoms with Crippen LogP contribution in [0.2, 0.25) is 0 Å². The summed E-state index contributed by atoms with van der Waals surface area (Å²) in [5.41, 5.74) is 2.14. The van der Waals surface area contributed by atoms with Gasteiger partial charge in [-0.05, 0) is 39.2 Å². The Hall–Kier alpha value is -3.45. The van der Waals surface area contributed by atoms with Crippen LogP contribution in [0.25, 0.3) is 0 Å². The summed E-state index contributed by atoms with van der Waals surface area (Å²) in [4.78, 5) is 36.9. The molecule has 3 aromatic rings. The van der Waals surface area contributed by atoms with Gasteiger partial charge in [0.15, 0.2) is 6.61 Å². The molecule has 158 valence electrons. The summed E-state index contributed by atoms with van der Waals surface area (Å²) in [7, 11) is 0. The number of carbonyl (C=O) groups is 3. The van der Waals surface area contributed by atoms with E-state index < -0.39 is 30.3 Å². The molecule has 0 aliphatic heterocycles. The van der Waals surface area contributed by atoms with E-state index in [2.05, 4.69) is 26.6 Å². The Labute approximate surface area is 188 Å². The molecular weight excluding hydrogens is 460 g/mol. The fourth-order valence-electron chi connectivity index (χ4n) is 2.96. The number of hydrogen-bond acceptors (Lipinski definition) is 4. The number of para-hydroxylation sites is 1. The van der Waals surface area contributed by atoms with Crippen molar-refractivity contribution >= 4 is 39.4 Å². The summed E-state index contributed by atoms with van der Waals surface area (Å²) in [5, 5.41) is 5.14. The van der Waals surface area contributed by atoms with Gasteiger partial charge >= 0.3 is 5.97 Å². The second-order valence-electron chi connectivity index (χ2n) is 6.67. The Morgan fingerprint density at radius 1 is 0.774 bits per heavy atom. The van der Waals surface area contributed by atoms with Crippen LogP contribution in [0.15, 0.2) is 89.4 Å². The molecule has 7 heteroatoms. The first-order valence-corrected chi connectivity index (χ1v) is 10.4. The van der Waals surface area contributed by atoms with Gasteiger partial charge in [0, 0.05) is 4.47 Å². The van der Waals surface area contributed by atoms with Gasteiger partial charge in [-0.3, -0.25) is 14.4 Å². The lowest BCUT2D eigenvalue weighted by molar-refractivity contribution is -0.149. The maximum Gasteiger partial charge on any atom is 0.318 e. The molecule has 0 saturated carbocycles. The molecule has 3 rings (SSSR count). The fraction of sp³-hybridized carbons (Fsp3) is 0.125. The normalized spacial score (nSPS) is 10.4. The number of carbonyl (C=O) groups excluding carboxylic acids is 3. The standard InChI is InChI=1S/C24H21BrN2O4/c25-19-13-7-8-14-20(19)27-21(28)15-26-22(29)16-31-24(30)23(17-9-3-1-4-10-17)18-11-5-2-6-12-18/h1-14,23H,15-16H2,(H,26,29)(H,27,28). The molecule has 0 radical (unpaired) electrons. The summed E-state index contributed by atoms with van der Waals surface area (Å²) in [6, 6.07) is 25.6. The molecule has 2 N–H and O–H groups in total. The molecule has 2 amide bonds. The number of amides is 2. The minimum Gasteiger partial charge on any atom is -0.455 e. The smallest absolute Gasteiger partial charge is 0.318 e. The molecule has 0 aromatic heterocycles. The van der Waals surface area contributed by atoms with Crippen molar-refractivity contribution in [1.82, 2.24) is 5.32 Å². The summed E-state index contributed by atoms with van der Waals surface area (Å²) >= 11 is 3.34. The van der Waals surface area contributed by atoms with Crippen molar-refractivity contribution in [2.75, 3.05) is 18.5 Å². The van der Waals surface area contributed by atoms with Crippen molar-refractivity contribution in [3.05, 3.63) is 101 Å². The number of nitrogens with one attached hydrogen (secondary N) is 2. The van der Waals surface area contributed by atoms with Crippen LogP contribution in [0.4, 0.5) is 5.69 Å². The highest BCUT2D eigenvalue weighted by atomic mass is 79.9. The molecule has 0 bridgehead atoms. The van der Waals surface area contributed by atoms with Gasteiger partial charge in [-0.2, -0.15) is 0 Å². The van der Waals surface area contributed by atoms with Crippen LogP contribution in [0.1, 0.15) is 17.0 Å². The molecule has 0 aliphatic carbocycles. The lowest BCUT2D eigenvalue weighted by atomic mass is 9.91. The van der Waals surface area contributed by atoms with Gasteiger partial charge in [0.2, 0.25) is 5.91 Å². The van der Waals surface area contributed by atoms with Crippen LogP contribution in [0.5, 0.6) is 0 Å². The van der Waals surface area contributed by atoms with Crippen molar-refractivity contribution in [2.24, 2.45) is 0 Å². The minimum atomic E-state index is -0.645. The zero-order valence-electron chi connectivity index (χ0n) is 16.6. The summed E-state index contributed by atoms with van der Waals surface area (Å²) in [6.07, 6.45) is 0. The number of esters is 1. The van der Waals surface area contributed by atoms with Gasteiger partial charge in [0.05, 0.1) is 12.2 Å². The highest BCUT2D eigenvalue weighted by Crippen LogP contribution is 2.26.